The minimum atomic E-state index is 1.19. The first-order valence-electron chi connectivity index (χ1n) is 4.38. The van der Waals surface area contributed by atoms with Crippen molar-refractivity contribution in [1.82, 2.24) is 0 Å². The maximum atomic E-state index is 5.50. The molecule has 0 heterocycles. The highest BCUT2D eigenvalue weighted by Crippen LogP contribution is 2.24. The van der Waals surface area contributed by atoms with Crippen molar-refractivity contribution in [3.8, 4) is 0 Å². The largest absolute Gasteiger partial charge is 0.274 e. The van der Waals surface area contributed by atoms with Gasteiger partial charge in [0, 0.05) is 4.90 Å². The molecule has 2 heteroatoms. The third kappa shape index (κ3) is 1.50. The van der Waals surface area contributed by atoms with Crippen LogP contribution in [0.3, 0.4) is 0 Å². The first-order valence-corrected chi connectivity index (χ1v) is 5.26. The molecule has 1 aliphatic rings. The number of hydrogen-bond acceptors (Lipinski definition) is 2. The first kappa shape index (κ1) is 8.14. The van der Waals surface area contributed by atoms with Crippen LogP contribution in [0.5, 0.6) is 0 Å². The quantitative estimate of drug-likeness (QED) is 0.670. The second-order valence-electron chi connectivity index (χ2n) is 3.26. The van der Waals surface area contributed by atoms with Gasteiger partial charge in [0.25, 0.3) is 0 Å². The van der Waals surface area contributed by atoms with Gasteiger partial charge < -0.3 is 0 Å². The zero-order chi connectivity index (χ0) is 8.39. The highest BCUT2D eigenvalue weighted by Gasteiger charge is 2.08. The normalized spacial score (nSPS) is 15.8. The van der Waals surface area contributed by atoms with Gasteiger partial charge in [0.15, 0.2) is 0 Å². The maximum absolute atomic E-state index is 5.50. The summed E-state index contributed by atoms with van der Waals surface area (Å²) in [7, 11) is 0. The van der Waals surface area contributed by atoms with Crippen molar-refractivity contribution in [3.05, 3.63) is 29.3 Å². The van der Waals surface area contributed by atoms with Gasteiger partial charge >= 0.3 is 0 Å². The van der Waals surface area contributed by atoms with E-state index in [0.29, 0.717) is 0 Å². The van der Waals surface area contributed by atoms with E-state index in [1.165, 1.54) is 53.7 Å². The molecule has 0 unspecified atom stereocenters. The Labute approximate surface area is 77.5 Å². The average molecular weight is 179 g/mol. The molecule has 0 aromatic heterocycles. The number of benzene rings is 1. The summed E-state index contributed by atoms with van der Waals surface area (Å²) in [4.78, 5) is 1.19. The van der Waals surface area contributed by atoms with E-state index in [4.69, 9.17) is 5.14 Å². The minimum Gasteiger partial charge on any atom is -0.274 e. The van der Waals surface area contributed by atoms with Gasteiger partial charge in [-0.1, -0.05) is 6.07 Å². The number of hydrogen-bond donors (Lipinski definition) is 1. The van der Waals surface area contributed by atoms with Crippen LogP contribution in [0.25, 0.3) is 0 Å². The topological polar surface area (TPSA) is 26.0 Å². The summed E-state index contributed by atoms with van der Waals surface area (Å²) in [6.45, 7) is 0. The molecule has 0 spiro atoms. The van der Waals surface area contributed by atoms with E-state index < -0.39 is 0 Å². The summed E-state index contributed by atoms with van der Waals surface area (Å²) >= 11 is 1.34. The van der Waals surface area contributed by atoms with Crippen LogP contribution in [0.4, 0.5) is 0 Å². The molecule has 0 aliphatic heterocycles. The second-order valence-corrected chi connectivity index (χ2v) is 3.96. The zero-order valence-corrected chi connectivity index (χ0v) is 7.86. The summed E-state index contributed by atoms with van der Waals surface area (Å²) in [6.07, 6.45) is 5.18. The molecular formula is C10H13NS. The Kier molecular flexibility index (Phi) is 2.38. The van der Waals surface area contributed by atoms with Gasteiger partial charge in [-0.15, -0.1) is 0 Å². The smallest absolute Gasteiger partial charge is 0.0228 e. The van der Waals surface area contributed by atoms with Crippen molar-refractivity contribution in [2.75, 3.05) is 0 Å². The van der Waals surface area contributed by atoms with E-state index >= 15 is 0 Å². The number of aryl methyl sites for hydroxylation is 2. The molecule has 0 saturated carbocycles. The van der Waals surface area contributed by atoms with Gasteiger partial charge in [-0.05, 0) is 60.9 Å². The molecule has 1 aromatic rings. The van der Waals surface area contributed by atoms with Crippen molar-refractivity contribution < 1.29 is 0 Å². The summed E-state index contributed by atoms with van der Waals surface area (Å²) in [5, 5.41) is 5.50. The van der Waals surface area contributed by atoms with E-state index in [1.54, 1.807) is 0 Å². The van der Waals surface area contributed by atoms with Crippen molar-refractivity contribution in [2.45, 2.75) is 30.6 Å². The van der Waals surface area contributed by atoms with Crippen LogP contribution in [0.2, 0.25) is 0 Å². The SMILES string of the molecule is NSc1ccc2c(c1)CCCC2. The van der Waals surface area contributed by atoms with E-state index in [2.05, 4.69) is 18.2 Å². The molecule has 1 nitrogen and oxygen atoms in total. The number of rotatable bonds is 1. The van der Waals surface area contributed by atoms with E-state index in [1.807, 2.05) is 0 Å². The van der Waals surface area contributed by atoms with Crippen LogP contribution >= 0.6 is 11.9 Å². The van der Waals surface area contributed by atoms with Gasteiger partial charge in [-0.3, -0.25) is 5.14 Å². The monoisotopic (exact) mass is 179 g/mol. The third-order valence-corrected chi connectivity index (χ3v) is 2.98. The zero-order valence-electron chi connectivity index (χ0n) is 7.05. The fraction of sp³-hybridized carbons (Fsp3) is 0.400. The van der Waals surface area contributed by atoms with Crippen LogP contribution in [-0.4, -0.2) is 0 Å². The Morgan fingerprint density at radius 3 is 2.58 bits per heavy atom. The molecule has 2 N–H and O–H groups in total. The van der Waals surface area contributed by atoms with Crippen LogP contribution in [-0.2, 0) is 12.8 Å². The summed E-state index contributed by atoms with van der Waals surface area (Å²) in [6, 6.07) is 6.58. The summed E-state index contributed by atoms with van der Waals surface area (Å²) in [5.74, 6) is 0. The molecule has 0 atom stereocenters. The molecular weight excluding hydrogens is 166 g/mol. The second kappa shape index (κ2) is 3.50. The number of fused-ring (bicyclic) bond motifs is 1. The van der Waals surface area contributed by atoms with Crippen LogP contribution in [0, 0.1) is 0 Å². The Balaban J connectivity index is 2.36. The molecule has 0 fully saturated rings. The van der Waals surface area contributed by atoms with Crippen LogP contribution < -0.4 is 5.14 Å². The molecule has 1 aromatic carbocycles. The lowest BCUT2D eigenvalue weighted by Gasteiger charge is -2.15. The molecule has 0 amide bonds. The third-order valence-electron chi connectivity index (χ3n) is 2.46. The van der Waals surface area contributed by atoms with Gasteiger partial charge in [0.2, 0.25) is 0 Å². The number of nitrogens with two attached hydrogens (primary N) is 1. The Hall–Kier alpha value is -0.470. The maximum Gasteiger partial charge on any atom is 0.0228 e. The molecule has 12 heavy (non-hydrogen) atoms. The van der Waals surface area contributed by atoms with Gasteiger partial charge in [-0.25, -0.2) is 0 Å². The highest BCUT2D eigenvalue weighted by molar-refractivity contribution is 7.97. The predicted octanol–water partition coefficient (Wildman–Crippen LogP) is 2.53. The lowest BCUT2D eigenvalue weighted by Crippen LogP contribution is -2.02. The molecule has 64 valence electrons. The van der Waals surface area contributed by atoms with E-state index in [-0.39, 0.29) is 0 Å². The highest BCUT2D eigenvalue weighted by atomic mass is 32.2. The first-order chi connectivity index (χ1) is 5.90. The van der Waals surface area contributed by atoms with Gasteiger partial charge in [0.05, 0.1) is 0 Å². The van der Waals surface area contributed by atoms with Gasteiger partial charge in [0.1, 0.15) is 0 Å². The van der Waals surface area contributed by atoms with E-state index in [9.17, 15) is 0 Å². The lowest BCUT2D eigenvalue weighted by atomic mass is 9.92. The van der Waals surface area contributed by atoms with E-state index in [0.717, 1.165) is 0 Å². The Morgan fingerprint density at radius 1 is 1.08 bits per heavy atom. The molecule has 0 bridgehead atoms. The molecule has 0 saturated heterocycles. The van der Waals surface area contributed by atoms with Crippen molar-refractivity contribution in [1.29, 1.82) is 0 Å². The van der Waals surface area contributed by atoms with Crippen LogP contribution in [0.1, 0.15) is 24.0 Å². The minimum absolute atomic E-state index is 1.19. The standard InChI is InChI=1S/C10H13NS/c11-12-10-6-5-8-3-1-2-4-9(8)7-10/h5-7H,1-4,11H2. The average Bonchev–Trinajstić information content (AvgIpc) is 2.17. The van der Waals surface area contributed by atoms with Gasteiger partial charge in [-0.2, -0.15) is 0 Å². The summed E-state index contributed by atoms with van der Waals surface area (Å²) < 4.78 is 0. The van der Waals surface area contributed by atoms with Crippen LogP contribution in [0.15, 0.2) is 23.1 Å². The Morgan fingerprint density at radius 2 is 1.83 bits per heavy atom. The molecule has 0 radical (unpaired) electrons. The van der Waals surface area contributed by atoms with Crippen molar-refractivity contribution in [2.24, 2.45) is 5.14 Å². The Bertz CT molecular complexity index is 283. The fourth-order valence-electron chi connectivity index (χ4n) is 1.78. The lowest BCUT2D eigenvalue weighted by molar-refractivity contribution is 0.683. The van der Waals surface area contributed by atoms with Crippen molar-refractivity contribution >= 4 is 11.9 Å². The predicted molar refractivity (Wildman–Crippen MR) is 53.1 cm³/mol. The molecule has 2 rings (SSSR count). The summed E-state index contributed by atoms with van der Waals surface area (Å²) in [5.41, 5.74) is 3.04. The fourth-order valence-corrected chi connectivity index (χ4v) is 2.14. The van der Waals surface area contributed by atoms with Crippen molar-refractivity contribution in [3.63, 3.8) is 0 Å². The molecule has 1 aliphatic carbocycles.